The number of aromatic amines is 1. The van der Waals surface area contributed by atoms with Crippen LogP contribution in [0.5, 0.6) is 0 Å². The van der Waals surface area contributed by atoms with Crippen molar-refractivity contribution in [2.24, 2.45) is 0 Å². The molecule has 3 heterocycles. The van der Waals surface area contributed by atoms with Crippen molar-refractivity contribution >= 4 is 22.3 Å². The van der Waals surface area contributed by atoms with Gasteiger partial charge in [-0.15, -0.1) is 0 Å². The molecule has 230 valence electrons. The van der Waals surface area contributed by atoms with Crippen LogP contribution in [0.4, 0.5) is 46.6 Å². The fourth-order valence-electron chi connectivity index (χ4n) is 4.26. The highest BCUT2D eigenvalue weighted by Gasteiger charge is 2.37. The van der Waals surface area contributed by atoms with Gasteiger partial charge in [-0.25, -0.2) is 28.2 Å². The fraction of sp³-hybridized carbons (Fsp3) is 0.320. The second-order valence-corrected chi connectivity index (χ2v) is 9.13. The van der Waals surface area contributed by atoms with Gasteiger partial charge in [0.15, 0.2) is 5.82 Å². The lowest BCUT2D eigenvalue weighted by Crippen LogP contribution is -2.32. The summed E-state index contributed by atoms with van der Waals surface area (Å²) in [5.74, 6) is -1.75. The van der Waals surface area contributed by atoms with Crippen LogP contribution in [-0.2, 0) is 17.5 Å². The van der Waals surface area contributed by atoms with Crippen molar-refractivity contribution in [3.8, 4) is 11.4 Å². The molecule has 0 bridgehead atoms. The van der Waals surface area contributed by atoms with E-state index in [9.17, 15) is 44.7 Å². The number of H-pyrrole nitrogens is 1. The van der Waals surface area contributed by atoms with Gasteiger partial charge in [-0.05, 0) is 36.4 Å². The molecule has 0 fully saturated rings. The minimum Gasteiger partial charge on any atom is -0.383 e. The van der Waals surface area contributed by atoms with E-state index in [0.29, 0.717) is 6.20 Å². The van der Waals surface area contributed by atoms with Crippen LogP contribution in [0.1, 0.15) is 30.4 Å². The van der Waals surface area contributed by atoms with E-state index in [1.54, 1.807) is 5.10 Å². The molecule has 18 heteroatoms. The van der Waals surface area contributed by atoms with Gasteiger partial charge >= 0.3 is 12.8 Å². The summed E-state index contributed by atoms with van der Waals surface area (Å²) >= 11 is 0. The van der Waals surface area contributed by atoms with Crippen LogP contribution in [-0.4, -0.2) is 44.0 Å². The number of aromatic nitrogens is 5. The lowest BCUT2D eigenvalue weighted by Gasteiger charge is -2.22. The molecule has 1 atom stereocenters. The van der Waals surface area contributed by atoms with E-state index in [1.807, 2.05) is 0 Å². The Morgan fingerprint density at radius 3 is 2.51 bits per heavy atom. The van der Waals surface area contributed by atoms with Gasteiger partial charge in [-0.2, -0.15) is 27.1 Å². The van der Waals surface area contributed by atoms with Crippen molar-refractivity contribution < 1.29 is 39.9 Å². The SMILES string of the molecule is Nc1nc(-c2cc3ccn(CCCC(COC(F)F)Nc4cn[nH]c(=O)c4C(F)(F)F)c(=O)c3cc2F)ncc1C(F)F. The Hall–Kier alpha value is -4.61. The normalized spacial score (nSPS) is 12.8. The van der Waals surface area contributed by atoms with Crippen LogP contribution in [0, 0.1) is 5.82 Å². The standard InChI is InChI=1S/C25H21F8N7O3/c26-16-7-13-11(6-14(16)21-35-8-15(19(27)28)20(34)38-21)3-5-40(23(13)42)4-1-2-12(10-43-24(29)30)37-17-9-36-39-22(41)18(17)25(31,32)33/h3,5-9,12,19,24H,1-2,4,10H2,(H2,34,35,38)(H2,37,39,41). The van der Waals surface area contributed by atoms with Crippen molar-refractivity contribution in [2.75, 3.05) is 17.7 Å². The molecule has 0 saturated carbocycles. The quantitative estimate of drug-likeness (QED) is 0.205. The van der Waals surface area contributed by atoms with Crippen LogP contribution in [0.3, 0.4) is 0 Å². The van der Waals surface area contributed by atoms with Gasteiger partial charge in [-0.3, -0.25) is 9.59 Å². The molecule has 0 aliphatic heterocycles. The largest absolute Gasteiger partial charge is 0.423 e. The van der Waals surface area contributed by atoms with Gasteiger partial charge in [0.1, 0.15) is 17.2 Å². The third-order valence-corrected chi connectivity index (χ3v) is 6.26. The Labute approximate surface area is 235 Å². The smallest absolute Gasteiger partial charge is 0.383 e. The van der Waals surface area contributed by atoms with Crippen molar-refractivity contribution in [1.82, 2.24) is 24.7 Å². The lowest BCUT2D eigenvalue weighted by atomic mass is 10.1. The molecule has 0 aliphatic rings. The fourth-order valence-corrected chi connectivity index (χ4v) is 4.26. The number of nitrogens with one attached hydrogen (secondary N) is 2. The van der Waals surface area contributed by atoms with Crippen molar-refractivity contribution in [3.63, 3.8) is 0 Å². The molecular formula is C25H21F8N7O3. The summed E-state index contributed by atoms with van der Waals surface area (Å²) in [6.07, 6.45) is -5.25. The third kappa shape index (κ3) is 7.25. The van der Waals surface area contributed by atoms with Gasteiger partial charge in [0.05, 0.1) is 35.0 Å². The maximum Gasteiger partial charge on any atom is 0.423 e. The van der Waals surface area contributed by atoms with E-state index in [-0.39, 0.29) is 41.5 Å². The number of fused-ring (bicyclic) bond motifs is 1. The number of hydrogen-bond acceptors (Lipinski definition) is 8. The zero-order valence-corrected chi connectivity index (χ0v) is 21.6. The molecule has 1 unspecified atom stereocenters. The summed E-state index contributed by atoms with van der Waals surface area (Å²) in [4.78, 5) is 32.2. The molecule has 3 aromatic heterocycles. The monoisotopic (exact) mass is 619 g/mol. The van der Waals surface area contributed by atoms with Crippen LogP contribution in [0.2, 0.25) is 0 Å². The van der Waals surface area contributed by atoms with Crippen LogP contribution >= 0.6 is 0 Å². The van der Waals surface area contributed by atoms with E-state index in [2.05, 4.69) is 25.1 Å². The first kappa shape index (κ1) is 31.3. The number of hydrogen-bond donors (Lipinski definition) is 3. The predicted octanol–water partition coefficient (Wildman–Crippen LogP) is 4.72. The predicted molar refractivity (Wildman–Crippen MR) is 137 cm³/mol. The second-order valence-electron chi connectivity index (χ2n) is 9.13. The zero-order valence-electron chi connectivity index (χ0n) is 21.6. The van der Waals surface area contributed by atoms with Gasteiger partial charge in [0.2, 0.25) is 0 Å². The number of nitrogen functional groups attached to an aromatic ring is 1. The number of halogens is 8. The highest BCUT2D eigenvalue weighted by atomic mass is 19.4. The number of alkyl halides is 7. The summed E-state index contributed by atoms with van der Waals surface area (Å²) in [7, 11) is 0. The van der Waals surface area contributed by atoms with Crippen LogP contribution in [0.25, 0.3) is 22.2 Å². The molecule has 4 aromatic rings. The van der Waals surface area contributed by atoms with Crippen LogP contribution in [0.15, 0.2) is 46.4 Å². The molecule has 0 radical (unpaired) electrons. The molecule has 1 aromatic carbocycles. The van der Waals surface area contributed by atoms with Crippen molar-refractivity contribution in [1.29, 1.82) is 0 Å². The molecule has 0 spiro atoms. The first-order chi connectivity index (χ1) is 20.3. The number of nitrogens with two attached hydrogens (primary N) is 1. The third-order valence-electron chi connectivity index (χ3n) is 6.26. The highest BCUT2D eigenvalue weighted by Crippen LogP contribution is 2.32. The molecule has 0 saturated heterocycles. The molecule has 4 rings (SSSR count). The van der Waals surface area contributed by atoms with E-state index >= 15 is 0 Å². The van der Waals surface area contributed by atoms with E-state index in [1.165, 1.54) is 22.9 Å². The Kier molecular flexibility index (Phi) is 9.27. The van der Waals surface area contributed by atoms with Crippen molar-refractivity contribution in [3.05, 3.63) is 74.4 Å². The van der Waals surface area contributed by atoms with Crippen LogP contribution < -0.4 is 22.2 Å². The summed E-state index contributed by atoms with van der Waals surface area (Å²) in [6, 6.07) is 2.44. The summed E-state index contributed by atoms with van der Waals surface area (Å²) in [5.41, 5.74) is 0.161. The summed E-state index contributed by atoms with van der Waals surface area (Å²) in [5, 5.41) is 7.52. The molecule has 43 heavy (non-hydrogen) atoms. The Morgan fingerprint density at radius 1 is 1.12 bits per heavy atom. The lowest BCUT2D eigenvalue weighted by molar-refractivity contribution is -0.138. The maximum atomic E-state index is 15.0. The Morgan fingerprint density at radius 2 is 1.86 bits per heavy atom. The Balaban J connectivity index is 1.54. The van der Waals surface area contributed by atoms with Crippen molar-refractivity contribution in [2.45, 2.75) is 44.6 Å². The van der Waals surface area contributed by atoms with Gasteiger partial charge < -0.3 is 20.4 Å². The molecular weight excluding hydrogens is 598 g/mol. The Bertz CT molecular complexity index is 1730. The number of pyridine rings is 1. The maximum absolute atomic E-state index is 15.0. The van der Waals surface area contributed by atoms with Gasteiger partial charge in [0, 0.05) is 25.0 Å². The average molecular weight is 619 g/mol. The van der Waals surface area contributed by atoms with Gasteiger partial charge in [0.25, 0.3) is 17.5 Å². The average Bonchev–Trinajstić information content (AvgIpc) is 2.92. The summed E-state index contributed by atoms with van der Waals surface area (Å²) in [6.45, 7) is -4.03. The number of anilines is 2. The molecule has 0 aliphatic carbocycles. The number of rotatable bonds is 11. The highest BCUT2D eigenvalue weighted by molar-refractivity contribution is 5.86. The summed E-state index contributed by atoms with van der Waals surface area (Å²) < 4.78 is 112. The molecule has 0 amide bonds. The minimum absolute atomic E-state index is 0.0534. The zero-order chi connectivity index (χ0) is 31.5. The first-order valence-corrected chi connectivity index (χ1v) is 12.3. The molecule has 4 N–H and O–H groups in total. The van der Waals surface area contributed by atoms with Gasteiger partial charge in [-0.1, -0.05) is 0 Å². The second kappa shape index (κ2) is 12.7. The number of nitrogens with zero attached hydrogens (tertiary/aromatic N) is 4. The molecule has 10 nitrogen and oxygen atoms in total. The first-order valence-electron chi connectivity index (χ1n) is 12.3. The topological polar surface area (TPSA) is 141 Å². The minimum atomic E-state index is -5.07. The van der Waals surface area contributed by atoms with E-state index in [0.717, 1.165) is 12.3 Å². The number of ether oxygens (including phenoxy) is 1. The van der Waals surface area contributed by atoms with E-state index in [4.69, 9.17) is 5.73 Å². The number of aryl methyl sites for hydroxylation is 1. The van der Waals surface area contributed by atoms with E-state index < -0.39 is 71.4 Å². The number of benzene rings is 1.